The van der Waals surface area contributed by atoms with E-state index < -0.39 is 0 Å². The van der Waals surface area contributed by atoms with Crippen LogP contribution in [0, 0.1) is 0 Å². The number of fused-ring (bicyclic) bond motifs is 1. The zero-order valence-electron chi connectivity index (χ0n) is 23.4. The molecule has 6 aromatic rings. The number of nitrogens with zero attached hydrogens (tertiary/aromatic N) is 4. The van der Waals surface area contributed by atoms with Crippen LogP contribution in [0.15, 0.2) is 108 Å². The molecule has 1 N–H and O–H groups in total. The van der Waals surface area contributed by atoms with Crippen molar-refractivity contribution in [2.75, 3.05) is 17.3 Å². The molecule has 0 radical (unpaired) electrons. The summed E-state index contributed by atoms with van der Waals surface area (Å²) in [6, 6.07) is 28.8. The summed E-state index contributed by atoms with van der Waals surface area (Å²) < 4.78 is 7.42. The number of benzene rings is 3. The number of anilines is 2. The van der Waals surface area contributed by atoms with Crippen molar-refractivity contribution in [3.05, 3.63) is 120 Å². The highest BCUT2D eigenvalue weighted by Crippen LogP contribution is 2.33. The number of hydrogen-bond acceptors (Lipinski definition) is 6. The first-order chi connectivity index (χ1) is 20.3. The van der Waals surface area contributed by atoms with Gasteiger partial charge in [-0.15, -0.1) is 11.3 Å². The molecule has 0 atom stereocenters. The first-order valence-electron chi connectivity index (χ1n) is 13.5. The predicted octanol–water partition coefficient (Wildman–Crippen LogP) is 7.26. The van der Waals surface area contributed by atoms with Crippen LogP contribution >= 0.6 is 11.3 Å². The first-order valence-corrected chi connectivity index (χ1v) is 14.3. The summed E-state index contributed by atoms with van der Waals surface area (Å²) in [5.41, 5.74) is 3.74. The molecule has 0 bridgehead atoms. The van der Waals surface area contributed by atoms with Gasteiger partial charge in [0.2, 0.25) is 5.95 Å². The van der Waals surface area contributed by atoms with Crippen LogP contribution in [-0.4, -0.2) is 33.4 Å². The van der Waals surface area contributed by atoms with E-state index in [1.54, 1.807) is 36.3 Å². The van der Waals surface area contributed by atoms with Crippen LogP contribution in [0.3, 0.4) is 0 Å². The van der Waals surface area contributed by atoms with Gasteiger partial charge in [0, 0.05) is 30.3 Å². The first kappa shape index (κ1) is 27.2. The van der Waals surface area contributed by atoms with E-state index in [9.17, 15) is 9.59 Å². The van der Waals surface area contributed by atoms with E-state index in [4.69, 9.17) is 9.40 Å². The van der Waals surface area contributed by atoms with Crippen molar-refractivity contribution in [3.63, 3.8) is 0 Å². The Morgan fingerprint density at radius 2 is 1.71 bits per heavy atom. The van der Waals surface area contributed by atoms with Crippen LogP contribution in [0.2, 0.25) is 0 Å². The Kier molecular flexibility index (Phi) is 7.18. The predicted molar refractivity (Wildman–Crippen MR) is 166 cm³/mol. The maximum absolute atomic E-state index is 13.4. The summed E-state index contributed by atoms with van der Waals surface area (Å²) >= 11 is 1.32. The summed E-state index contributed by atoms with van der Waals surface area (Å²) in [6.45, 7) is 4.90. The molecule has 8 nitrogen and oxygen atoms in total. The van der Waals surface area contributed by atoms with E-state index in [0.717, 1.165) is 10.4 Å². The standard InChI is InChI=1S/C33H29N5O3S/c1-33(2,23-12-8-5-9-13-23)20-38-26-15-14-24(37(3)31(40)22-10-6-4-7-11-22)18-25(26)35-32(38)36-30(39)29-17-16-28(42-29)27-19-34-21-41-27/h4-19,21H,20H2,1-3H3,(H,35,36,39). The molecule has 3 heterocycles. The van der Waals surface area contributed by atoms with E-state index in [0.29, 0.717) is 39.9 Å². The van der Waals surface area contributed by atoms with Gasteiger partial charge in [0.25, 0.3) is 11.8 Å². The van der Waals surface area contributed by atoms with E-state index in [-0.39, 0.29) is 17.2 Å². The molecule has 3 aromatic carbocycles. The van der Waals surface area contributed by atoms with Gasteiger partial charge < -0.3 is 13.9 Å². The molecule has 0 saturated carbocycles. The second-order valence-electron chi connectivity index (χ2n) is 10.7. The number of rotatable bonds is 8. The number of amides is 2. The lowest BCUT2D eigenvalue weighted by molar-refractivity contribution is 0.0991. The number of thiophene rings is 1. The third kappa shape index (κ3) is 5.34. The molecule has 42 heavy (non-hydrogen) atoms. The maximum Gasteiger partial charge on any atom is 0.268 e. The van der Waals surface area contributed by atoms with Gasteiger partial charge in [0.05, 0.1) is 27.0 Å². The third-order valence-electron chi connectivity index (χ3n) is 7.28. The minimum absolute atomic E-state index is 0.117. The zero-order chi connectivity index (χ0) is 29.3. The number of hydrogen-bond donors (Lipinski definition) is 1. The molecule has 0 aliphatic heterocycles. The molecule has 210 valence electrons. The van der Waals surface area contributed by atoms with Crippen molar-refractivity contribution >= 4 is 45.8 Å². The minimum Gasteiger partial charge on any atom is -0.443 e. The van der Waals surface area contributed by atoms with Gasteiger partial charge in [-0.05, 0) is 48.0 Å². The molecular formula is C33H29N5O3S. The van der Waals surface area contributed by atoms with Gasteiger partial charge in [-0.3, -0.25) is 14.9 Å². The molecular weight excluding hydrogens is 546 g/mol. The molecule has 3 aromatic heterocycles. The Hall–Kier alpha value is -5.02. The fourth-order valence-electron chi connectivity index (χ4n) is 4.94. The normalized spacial score (nSPS) is 11.5. The Bertz CT molecular complexity index is 1860. The highest BCUT2D eigenvalue weighted by Gasteiger charge is 2.26. The highest BCUT2D eigenvalue weighted by molar-refractivity contribution is 7.17. The van der Waals surface area contributed by atoms with Crippen molar-refractivity contribution in [1.29, 1.82) is 0 Å². The molecule has 0 aliphatic rings. The molecule has 6 rings (SSSR count). The number of oxazole rings is 1. The van der Waals surface area contributed by atoms with Crippen LogP contribution < -0.4 is 10.2 Å². The van der Waals surface area contributed by atoms with Crippen LogP contribution in [0.1, 0.15) is 39.4 Å². The van der Waals surface area contributed by atoms with Gasteiger partial charge in [-0.1, -0.05) is 62.4 Å². The lowest BCUT2D eigenvalue weighted by Gasteiger charge is -2.27. The second-order valence-corrected chi connectivity index (χ2v) is 11.7. The van der Waals surface area contributed by atoms with Gasteiger partial charge in [-0.2, -0.15) is 0 Å². The van der Waals surface area contributed by atoms with Crippen LogP contribution in [0.4, 0.5) is 11.6 Å². The zero-order valence-corrected chi connectivity index (χ0v) is 24.3. The Labute approximate surface area is 247 Å². The SMILES string of the molecule is CN(C(=O)c1ccccc1)c1ccc2c(c1)nc(NC(=O)c1ccc(-c3cnco3)s1)n2CC(C)(C)c1ccccc1. The topological polar surface area (TPSA) is 93.3 Å². The number of carbonyl (C=O) groups is 2. The van der Waals surface area contributed by atoms with Gasteiger partial charge in [0.15, 0.2) is 12.2 Å². The lowest BCUT2D eigenvalue weighted by Crippen LogP contribution is -2.26. The molecule has 0 aliphatic carbocycles. The second kappa shape index (κ2) is 11.1. The number of carbonyl (C=O) groups excluding carboxylic acids is 2. The van der Waals surface area contributed by atoms with E-state index in [1.807, 2.05) is 65.2 Å². The Morgan fingerprint density at radius 1 is 0.976 bits per heavy atom. The van der Waals surface area contributed by atoms with Gasteiger partial charge in [-0.25, -0.2) is 9.97 Å². The molecule has 9 heteroatoms. The summed E-state index contributed by atoms with van der Waals surface area (Å²) in [5, 5.41) is 3.04. The van der Waals surface area contributed by atoms with E-state index >= 15 is 0 Å². The fraction of sp³-hybridized carbons (Fsp3) is 0.152. The lowest BCUT2D eigenvalue weighted by atomic mass is 9.84. The number of nitrogens with one attached hydrogen (secondary N) is 1. The number of imidazole rings is 1. The average Bonchev–Trinajstić information content (AvgIpc) is 3.78. The summed E-state index contributed by atoms with van der Waals surface area (Å²) in [7, 11) is 1.75. The smallest absolute Gasteiger partial charge is 0.268 e. The monoisotopic (exact) mass is 575 g/mol. The van der Waals surface area contributed by atoms with Crippen molar-refractivity contribution in [3.8, 4) is 10.6 Å². The van der Waals surface area contributed by atoms with E-state index in [1.165, 1.54) is 23.3 Å². The Balaban J connectivity index is 1.36. The molecule has 0 saturated heterocycles. The maximum atomic E-state index is 13.4. The van der Waals surface area contributed by atoms with Crippen molar-refractivity contribution in [1.82, 2.24) is 14.5 Å². The summed E-state index contributed by atoms with van der Waals surface area (Å²) in [6.07, 6.45) is 2.99. The highest BCUT2D eigenvalue weighted by atomic mass is 32.1. The minimum atomic E-state index is -0.268. The van der Waals surface area contributed by atoms with Crippen LogP contribution in [0.5, 0.6) is 0 Å². The fourth-order valence-corrected chi connectivity index (χ4v) is 5.80. The molecule has 0 spiro atoms. The molecule has 2 amide bonds. The Morgan fingerprint density at radius 3 is 2.43 bits per heavy atom. The third-order valence-corrected chi connectivity index (χ3v) is 8.38. The van der Waals surface area contributed by atoms with Crippen molar-refractivity contribution < 1.29 is 14.0 Å². The van der Waals surface area contributed by atoms with Crippen LogP contribution in [0.25, 0.3) is 21.7 Å². The van der Waals surface area contributed by atoms with E-state index in [2.05, 4.69) is 36.3 Å². The summed E-state index contributed by atoms with van der Waals surface area (Å²) in [4.78, 5) is 38.3. The summed E-state index contributed by atoms with van der Waals surface area (Å²) in [5.74, 6) is 0.658. The van der Waals surface area contributed by atoms with Crippen LogP contribution in [-0.2, 0) is 12.0 Å². The van der Waals surface area contributed by atoms with Gasteiger partial charge >= 0.3 is 0 Å². The number of aromatic nitrogens is 3. The molecule has 0 fully saturated rings. The van der Waals surface area contributed by atoms with Gasteiger partial charge in [0.1, 0.15) is 0 Å². The average molecular weight is 576 g/mol. The van der Waals surface area contributed by atoms with Crippen molar-refractivity contribution in [2.24, 2.45) is 0 Å². The van der Waals surface area contributed by atoms with Crippen molar-refractivity contribution in [2.45, 2.75) is 25.8 Å². The quantitative estimate of drug-likeness (QED) is 0.206. The molecule has 0 unspecified atom stereocenters. The largest absolute Gasteiger partial charge is 0.443 e.